The Morgan fingerprint density at radius 2 is 0.737 bits per heavy atom. The first kappa shape index (κ1) is 53.0. The lowest BCUT2D eigenvalue weighted by Gasteiger charge is -2.34. The molecule has 0 N–H and O–H groups in total. The highest BCUT2D eigenvalue weighted by Gasteiger charge is 2.57. The van der Waals surface area contributed by atoms with E-state index in [2.05, 4.69) is 319 Å². The summed E-state index contributed by atoms with van der Waals surface area (Å²) in [6.45, 7) is 11.7. The van der Waals surface area contributed by atoms with Crippen molar-refractivity contribution in [3.05, 3.63) is 351 Å². The smallest absolute Gasteiger partial charge is 0.143 e. The van der Waals surface area contributed by atoms with Crippen LogP contribution in [0, 0.1) is 20.8 Å². The predicted molar refractivity (Wildman–Crippen MR) is 391 cm³/mol. The molecule has 0 unspecified atom stereocenters. The molecule has 2 aromatic heterocycles. The fourth-order valence-corrected chi connectivity index (χ4v) is 19.0. The topological polar surface area (TPSA) is 29.5 Å². The van der Waals surface area contributed by atoms with Gasteiger partial charge in [0.25, 0.3) is 0 Å². The van der Waals surface area contributed by atoms with Gasteiger partial charge in [-0.05, 0) is 221 Å². The number of furan rings is 2. The van der Waals surface area contributed by atoms with Crippen molar-refractivity contribution in [3.8, 4) is 77.9 Å². The van der Waals surface area contributed by atoms with Crippen molar-refractivity contribution >= 4 is 60.9 Å². The van der Waals surface area contributed by atoms with Gasteiger partial charge in [-0.25, -0.2) is 0 Å². The van der Waals surface area contributed by atoms with Crippen molar-refractivity contribution < 1.29 is 8.83 Å². The SMILES string of the molecule is Cc1cc(C)c(N(c2ccc3c(c2)C(C)(C)c2cc(-c4ccc(-c5ccccc5)cc4)c4oc5ccccc5c4c2-3)c2ccc3c(c2)C2(c4ccccc4-c4ccccc42)c2cc4c(cc2-3)C2(c3ccccc3-c3ccccc32)c2ccc3oc5ccccc5c3c2-4)c(C)c1. The molecular weight excluding hydrogens is 1150 g/mol. The predicted octanol–water partition coefficient (Wildman–Crippen LogP) is 24.2. The molecule has 5 aliphatic rings. The first-order chi connectivity index (χ1) is 46.6. The second-order valence-electron chi connectivity index (χ2n) is 27.8. The molecule has 2 spiro atoms. The van der Waals surface area contributed by atoms with E-state index >= 15 is 0 Å². The molecule has 0 amide bonds. The first-order valence-corrected chi connectivity index (χ1v) is 33.5. The molecule has 5 aliphatic carbocycles. The zero-order valence-electron chi connectivity index (χ0n) is 53.3. The maximum absolute atomic E-state index is 7.03. The lowest BCUT2D eigenvalue weighted by atomic mass is 9.68. The molecule has 0 bridgehead atoms. The van der Waals surface area contributed by atoms with Crippen LogP contribution in [0.4, 0.5) is 17.1 Å². The Labute approximate surface area is 551 Å². The minimum atomic E-state index is -0.681. The third-order valence-corrected chi connectivity index (χ3v) is 22.7. The van der Waals surface area contributed by atoms with E-state index in [1.807, 2.05) is 0 Å². The van der Waals surface area contributed by atoms with Crippen molar-refractivity contribution in [2.45, 2.75) is 50.9 Å². The van der Waals surface area contributed by atoms with Gasteiger partial charge in [0.2, 0.25) is 0 Å². The Kier molecular flexibility index (Phi) is 10.4. The summed E-state index contributed by atoms with van der Waals surface area (Å²) in [5.74, 6) is 0. The standard InChI is InChI=1S/C92H61NO2/c1-52-45-53(2)88(54(3)46-52)93(58-40-42-65-76(47-58)90(4,5)80-49-68(57-37-35-56(36-38-57)55-21-7-6-8-22-55)89-87(84(65)80)67-28-14-20-34-82(67)95-89)59-39-41-64-69-50-79-70(51-78(69)92(77(64)48-59)73-31-17-11-25-62(73)63-26-12-18-32-74(63)92)85-75(43-44-83-86(85)66-27-13-19-33-81(66)94-83)91(79)71-29-15-9-23-60(71)61-24-10-16-30-72(61)91/h6-51H,1-5H3. The average Bonchev–Trinajstić information content (AvgIpc) is 1.49. The molecule has 95 heavy (non-hydrogen) atoms. The molecule has 14 aromatic carbocycles. The van der Waals surface area contributed by atoms with Crippen molar-refractivity contribution in [1.82, 2.24) is 0 Å². The van der Waals surface area contributed by atoms with E-state index in [-0.39, 0.29) is 5.41 Å². The number of fused-ring (bicyclic) bond motifs is 31. The first-order valence-electron chi connectivity index (χ1n) is 33.5. The molecular formula is C92H61NO2. The molecule has 0 aliphatic heterocycles. The summed E-state index contributed by atoms with van der Waals surface area (Å²) >= 11 is 0. The molecule has 2 heterocycles. The van der Waals surface area contributed by atoms with Gasteiger partial charge in [-0.2, -0.15) is 0 Å². The summed E-state index contributed by atoms with van der Waals surface area (Å²) in [6, 6.07) is 106. The summed E-state index contributed by atoms with van der Waals surface area (Å²) in [4.78, 5) is 2.59. The lowest BCUT2D eigenvalue weighted by molar-refractivity contribution is 0.657. The van der Waals surface area contributed by atoms with E-state index in [1.165, 1.54) is 156 Å². The second kappa shape index (κ2) is 18.6. The van der Waals surface area contributed by atoms with Gasteiger partial charge in [-0.1, -0.05) is 238 Å². The van der Waals surface area contributed by atoms with E-state index in [9.17, 15) is 0 Å². The van der Waals surface area contributed by atoms with Crippen molar-refractivity contribution in [2.75, 3.05) is 4.90 Å². The minimum Gasteiger partial charge on any atom is -0.456 e. The maximum Gasteiger partial charge on any atom is 0.143 e. The number of benzene rings is 14. The van der Waals surface area contributed by atoms with Gasteiger partial charge in [0, 0.05) is 43.9 Å². The van der Waals surface area contributed by atoms with Crippen molar-refractivity contribution in [2.24, 2.45) is 0 Å². The Morgan fingerprint density at radius 3 is 1.37 bits per heavy atom. The van der Waals surface area contributed by atoms with Crippen LogP contribution in [-0.4, -0.2) is 0 Å². The number of hydrogen-bond donors (Lipinski definition) is 0. The van der Waals surface area contributed by atoms with Crippen LogP contribution < -0.4 is 4.90 Å². The Bertz CT molecular complexity index is 5990. The van der Waals surface area contributed by atoms with Crippen molar-refractivity contribution in [3.63, 3.8) is 0 Å². The molecule has 0 radical (unpaired) electrons. The number of para-hydroxylation sites is 2. The third kappa shape index (κ3) is 6.65. The Morgan fingerprint density at radius 1 is 0.284 bits per heavy atom. The molecule has 0 atom stereocenters. The summed E-state index contributed by atoms with van der Waals surface area (Å²) < 4.78 is 13.9. The molecule has 0 saturated carbocycles. The molecule has 0 saturated heterocycles. The molecule has 21 rings (SSSR count). The van der Waals surface area contributed by atoms with E-state index in [4.69, 9.17) is 8.83 Å². The van der Waals surface area contributed by atoms with Gasteiger partial charge < -0.3 is 13.7 Å². The van der Waals surface area contributed by atoms with Gasteiger partial charge in [0.15, 0.2) is 0 Å². The Hall–Kier alpha value is -11.5. The molecule has 3 nitrogen and oxygen atoms in total. The average molecular weight is 1210 g/mol. The van der Waals surface area contributed by atoms with E-state index < -0.39 is 10.8 Å². The second-order valence-corrected chi connectivity index (χ2v) is 27.8. The van der Waals surface area contributed by atoms with Gasteiger partial charge in [0.05, 0.1) is 16.5 Å². The lowest BCUT2D eigenvalue weighted by Crippen LogP contribution is -2.27. The number of hydrogen-bond acceptors (Lipinski definition) is 3. The van der Waals surface area contributed by atoms with Crippen LogP contribution in [0.1, 0.15) is 86.2 Å². The van der Waals surface area contributed by atoms with Crippen LogP contribution in [0.2, 0.25) is 0 Å². The number of rotatable bonds is 5. The van der Waals surface area contributed by atoms with Crippen LogP contribution >= 0.6 is 0 Å². The third-order valence-electron chi connectivity index (χ3n) is 22.7. The molecule has 16 aromatic rings. The van der Waals surface area contributed by atoms with E-state index in [0.717, 1.165) is 55.6 Å². The summed E-state index contributed by atoms with van der Waals surface area (Å²) in [5, 5.41) is 4.62. The van der Waals surface area contributed by atoms with Crippen LogP contribution in [0.5, 0.6) is 0 Å². The Balaban J connectivity index is 0.811. The fourth-order valence-electron chi connectivity index (χ4n) is 19.0. The highest BCUT2D eigenvalue weighted by molar-refractivity contribution is 6.20. The van der Waals surface area contributed by atoms with E-state index in [0.29, 0.717) is 0 Å². The largest absolute Gasteiger partial charge is 0.456 e. The monoisotopic (exact) mass is 1210 g/mol. The number of aryl methyl sites for hydroxylation is 3. The summed E-state index contributed by atoms with van der Waals surface area (Å²) in [5.41, 5.74) is 39.5. The van der Waals surface area contributed by atoms with Gasteiger partial charge >= 0.3 is 0 Å². The van der Waals surface area contributed by atoms with Gasteiger partial charge in [-0.3, -0.25) is 0 Å². The van der Waals surface area contributed by atoms with Gasteiger partial charge in [0.1, 0.15) is 22.3 Å². The van der Waals surface area contributed by atoms with Crippen LogP contribution in [-0.2, 0) is 16.2 Å². The quantitative estimate of drug-likeness (QED) is 0.172. The number of anilines is 3. The van der Waals surface area contributed by atoms with Crippen molar-refractivity contribution in [1.29, 1.82) is 0 Å². The van der Waals surface area contributed by atoms with E-state index in [1.54, 1.807) is 0 Å². The normalized spacial score (nSPS) is 14.6. The minimum absolute atomic E-state index is 0.388. The maximum atomic E-state index is 7.03. The zero-order chi connectivity index (χ0) is 63.0. The fraction of sp³-hybridized carbons (Fsp3) is 0.0870. The highest BCUT2D eigenvalue weighted by Crippen LogP contribution is 2.70. The molecule has 0 fully saturated rings. The summed E-state index contributed by atoms with van der Waals surface area (Å²) in [7, 11) is 0. The number of nitrogens with zero attached hydrogens (tertiary/aromatic N) is 1. The highest BCUT2D eigenvalue weighted by atomic mass is 16.3. The molecule has 446 valence electrons. The summed E-state index contributed by atoms with van der Waals surface area (Å²) in [6.07, 6.45) is 0. The van der Waals surface area contributed by atoms with Crippen LogP contribution in [0.3, 0.4) is 0 Å². The van der Waals surface area contributed by atoms with Crippen LogP contribution in [0.25, 0.3) is 122 Å². The zero-order valence-corrected chi connectivity index (χ0v) is 53.3. The van der Waals surface area contributed by atoms with Crippen LogP contribution in [0.15, 0.2) is 288 Å². The molecule has 3 heteroatoms. The van der Waals surface area contributed by atoms with Gasteiger partial charge in [-0.15, -0.1) is 0 Å².